The Morgan fingerprint density at radius 3 is 1.83 bits per heavy atom. The Bertz CT molecular complexity index is 200. The van der Waals surface area contributed by atoms with E-state index in [-0.39, 0.29) is 10.7 Å². The van der Waals surface area contributed by atoms with E-state index in [1.165, 1.54) is 0 Å². The molecule has 0 aliphatic rings. The van der Waals surface area contributed by atoms with Gasteiger partial charge in [-0.2, -0.15) is 12.6 Å². The van der Waals surface area contributed by atoms with Gasteiger partial charge in [-0.15, -0.1) is 0 Å². The summed E-state index contributed by atoms with van der Waals surface area (Å²) in [5.41, 5.74) is -1.05. The van der Waals surface area contributed by atoms with Crippen molar-refractivity contribution in [2.75, 3.05) is 0 Å². The van der Waals surface area contributed by atoms with Gasteiger partial charge in [0.15, 0.2) is 0 Å². The fourth-order valence-electron chi connectivity index (χ4n) is 0.418. The first-order valence-corrected chi connectivity index (χ1v) is 4.61. The summed E-state index contributed by atoms with van der Waals surface area (Å²) in [7, 11) is 0. The summed E-state index contributed by atoms with van der Waals surface area (Å²) in [6, 6.07) is 0. The topological polar surface area (TPSA) is 20.2 Å². The molecule has 0 aliphatic carbocycles. The lowest BCUT2D eigenvalue weighted by Gasteiger charge is -2.21. The zero-order valence-electron chi connectivity index (χ0n) is 8.47. The van der Waals surface area contributed by atoms with E-state index in [9.17, 15) is 5.11 Å². The van der Waals surface area contributed by atoms with Crippen molar-refractivity contribution in [1.29, 1.82) is 0 Å². The van der Waals surface area contributed by atoms with Gasteiger partial charge < -0.3 is 5.11 Å². The van der Waals surface area contributed by atoms with Crippen molar-refractivity contribution in [3.05, 3.63) is 0 Å². The third kappa shape index (κ3) is 4.69. The average molecular weight is 186 g/mol. The highest BCUT2D eigenvalue weighted by molar-refractivity contribution is 7.81. The van der Waals surface area contributed by atoms with E-state index in [1.54, 1.807) is 6.92 Å². The Morgan fingerprint density at radius 1 is 1.17 bits per heavy atom. The number of rotatable bonds is 1. The second-order valence-electron chi connectivity index (χ2n) is 4.32. The highest BCUT2D eigenvalue weighted by Crippen LogP contribution is 2.16. The predicted octanol–water partition coefficient (Wildman–Crippen LogP) is 2.11. The lowest BCUT2D eigenvalue weighted by molar-refractivity contribution is 0.124. The molecule has 2 heteroatoms. The molecule has 0 heterocycles. The van der Waals surface area contributed by atoms with Crippen molar-refractivity contribution in [3.63, 3.8) is 0 Å². The first kappa shape index (κ1) is 11.9. The van der Waals surface area contributed by atoms with Crippen LogP contribution in [0, 0.1) is 17.3 Å². The fraction of sp³-hybridized carbons (Fsp3) is 0.800. The molecule has 0 aromatic rings. The Hall–Kier alpha value is -0.130. The predicted molar refractivity (Wildman–Crippen MR) is 56.3 cm³/mol. The van der Waals surface area contributed by atoms with Crippen molar-refractivity contribution in [2.45, 2.75) is 45.5 Å². The first-order valence-electron chi connectivity index (χ1n) is 4.10. The van der Waals surface area contributed by atoms with E-state index in [0.29, 0.717) is 0 Å². The van der Waals surface area contributed by atoms with Crippen LogP contribution in [0.3, 0.4) is 0 Å². The number of hydrogen-bond donors (Lipinski definition) is 2. The monoisotopic (exact) mass is 186 g/mol. The lowest BCUT2D eigenvalue weighted by Crippen LogP contribution is -2.32. The maximum absolute atomic E-state index is 9.71. The second-order valence-corrected chi connectivity index (χ2v) is 5.10. The minimum atomic E-state index is -0.990. The maximum atomic E-state index is 9.71. The molecular formula is C10H18OS. The Kier molecular flexibility index (Phi) is 3.68. The molecule has 0 fully saturated rings. The SMILES string of the molecule is CC(S)C(C)(O)C#CC(C)(C)C. The minimum Gasteiger partial charge on any atom is -0.377 e. The zero-order chi connectivity index (χ0) is 9.99. The van der Waals surface area contributed by atoms with Crippen LogP contribution >= 0.6 is 12.6 Å². The fourth-order valence-corrected chi connectivity index (χ4v) is 0.483. The van der Waals surface area contributed by atoms with Gasteiger partial charge >= 0.3 is 0 Å². The molecule has 1 N–H and O–H groups in total. The van der Waals surface area contributed by atoms with E-state index < -0.39 is 5.60 Å². The molecule has 0 saturated heterocycles. The molecule has 0 rings (SSSR count). The van der Waals surface area contributed by atoms with Gasteiger partial charge in [-0.1, -0.05) is 11.8 Å². The van der Waals surface area contributed by atoms with Gasteiger partial charge in [0.25, 0.3) is 0 Å². The molecule has 12 heavy (non-hydrogen) atoms. The second kappa shape index (κ2) is 3.72. The summed E-state index contributed by atoms with van der Waals surface area (Å²) >= 11 is 4.16. The van der Waals surface area contributed by atoms with Gasteiger partial charge in [0.1, 0.15) is 5.60 Å². The van der Waals surface area contributed by atoms with E-state index in [4.69, 9.17) is 0 Å². The standard InChI is InChI=1S/C10H18OS/c1-8(12)10(5,11)7-6-9(2,3)4/h8,11-12H,1-5H3. The third-order valence-electron chi connectivity index (χ3n) is 1.50. The molecule has 0 bridgehead atoms. The van der Waals surface area contributed by atoms with E-state index in [2.05, 4.69) is 24.5 Å². The number of thiol groups is 1. The van der Waals surface area contributed by atoms with Crippen molar-refractivity contribution in [3.8, 4) is 11.8 Å². The van der Waals surface area contributed by atoms with E-state index in [0.717, 1.165) is 0 Å². The zero-order valence-corrected chi connectivity index (χ0v) is 9.37. The summed E-state index contributed by atoms with van der Waals surface area (Å²) in [6.45, 7) is 9.56. The lowest BCUT2D eigenvalue weighted by atomic mass is 9.95. The minimum absolute atomic E-state index is 0.0628. The van der Waals surface area contributed by atoms with E-state index >= 15 is 0 Å². The van der Waals surface area contributed by atoms with Crippen LogP contribution < -0.4 is 0 Å². The Balaban J connectivity index is 4.50. The summed E-state index contributed by atoms with van der Waals surface area (Å²) in [6.07, 6.45) is 0. The number of aliphatic hydroxyl groups is 1. The largest absolute Gasteiger partial charge is 0.377 e. The van der Waals surface area contributed by atoms with Gasteiger partial charge in [0, 0.05) is 10.7 Å². The smallest absolute Gasteiger partial charge is 0.133 e. The molecular weight excluding hydrogens is 168 g/mol. The van der Waals surface area contributed by atoms with Crippen LogP contribution in [0.25, 0.3) is 0 Å². The molecule has 0 radical (unpaired) electrons. The van der Waals surface area contributed by atoms with Crippen molar-refractivity contribution in [1.82, 2.24) is 0 Å². The van der Waals surface area contributed by atoms with Gasteiger partial charge in [-0.3, -0.25) is 0 Å². The summed E-state index contributed by atoms with van der Waals surface area (Å²) in [4.78, 5) is 0. The van der Waals surface area contributed by atoms with Crippen LogP contribution in [-0.2, 0) is 0 Å². The van der Waals surface area contributed by atoms with Crippen LogP contribution in [0.5, 0.6) is 0 Å². The highest BCUT2D eigenvalue weighted by Gasteiger charge is 2.23. The van der Waals surface area contributed by atoms with Gasteiger partial charge in [0.05, 0.1) is 0 Å². The third-order valence-corrected chi connectivity index (χ3v) is 2.01. The Labute approximate surface area is 81.0 Å². The quantitative estimate of drug-likeness (QED) is 0.475. The molecule has 0 amide bonds. The molecule has 70 valence electrons. The normalized spacial score (nSPS) is 18.9. The van der Waals surface area contributed by atoms with Crippen LogP contribution in [0.15, 0.2) is 0 Å². The summed E-state index contributed by atoms with van der Waals surface area (Å²) < 4.78 is 0. The van der Waals surface area contributed by atoms with Crippen molar-refractivity contribution >= 4 is 12.6 Å². The van der Waals surface area contributed by atoms with Gasteiger partial charge in [0.2, 0.25) is 0 Å². The van der Waals surface area contributed by atoms with Crippen LogP contribution in [0.1, 0.15) is 34.6 Å². The highest BCUT2D eigenvalue weighted by atomic mass is 32.1. The maximum Gasteiger partial charge on any atom is 0.133 e. The molecule has 2 unspecified atom stereocenters. The molecule has 0 aromatic heterocycles. The average Bonchev–Trinajstić information content (AvgIpc) is 1.82. The summed E-state index contributed by atoms with van der Waals surface area (Å²) in [5, 5.41) is 9.57. The molecule has 0 spiro atoms. The first-order chi connectivity index (χ1) is 5.15. The Morgan fingerprint density at radius 2 is 1.58 bits per heavy atom. The van der Waals surface area contributed by atoms with Crippen LogP contribution in [0.2, 0.25) is 0 Å². The van der Waals surface area contributed by atoms with Crippen LogP contribution in [-0.4, -0.2) is 16.0 Å². The summed E-state index contributed by atoms with van der Waals surface area (Å²) in [5.74, 6) is 5.82. The van der Waals surface area contributed by atoms with E-state index in [1.807, 2.05) is 27.7 Å². The van der Waals surface area contributed by atoms with Gasteiger partial charge in [-0.05, 0) is 34.6 Å². The molecule has 0 saturated carbocycles. The molecule has 0 aromatic carbocycles. The molecule has 0 aliphatic heterocycles. The van der Waals surface area contributed by atoms with Crippen LogP contribution in [0.4, 0.5) is 0 Å². The molecule has 1 nitrogen and oxygen atoms in total. The number of hydrogen-bond acceptors (Lipinski definition) is 2. The van der Waals surface area contributed by atoms with Crippen molar-refractivity contribution in [2.24, 2.45) is 5.41 Å². The van der Waals surface area contributed by atoms with Crippen molar-refractivity contribution < 1.29 is 5.11 Å². The van der Waals surface area contributed by atoms with Gasteiger partial charge in [-0.25, -0.2) is 0 Å². The molecule has 2 atom stereocenters.